The second kappa shape index (κ2) is 10.9. The predicted octanol–water partition coefficient (Wildman–Crippen LogP) is 2.75. The first-order valence-corrected chi connectivity index (χ1v) is 10.9. The molecular weight excluding hydrogens is 406 g/mol. The zero-order valence-corrected chi connectivity index (χ0v) is 17.5. The number of pyridine rings is 1. The second-order valence-electron chi connectivity index (χ2n) is 7.32. The van der Waals surface area contributed by atoms with E-state index in [1.54, 1.807) is 30.6 Å². The third-order valence-electron chi connectivity index (χ3n) is 5.11. The van der Waals surface area contributed by atoms with E-state index in [9.17, 15) is 19.2 Å². The topological polar surface area (TPSA) is 106 Å². The van der Waals surface area contributed by atoms with Crippen molar-refractivity contribution in [1.29, 1.82) is 0 Å². The molecule has 1 saturated carbocycles. The number of hydrogen-bond donors (Lipinski definition) is 1. The van der Waals surface area contributed by atoms with Gasteiger partial charge in [0, 0.05) is 31.9 Å². The Morgan fingerprint density at radius 1 is 1.30 bits per heavy atom. The van der Waals surface area contributed by atoms with Crippen molar-refractivity contribution in [1.82, 2.24) is 15.2 Å². The number of amides is 3. The van der Waals surface area contributed by atoms with E-state index in [4.69, 9.17) is 4.74 Å². The highest BCUT2D eigenvalue weighted by atomic mass is 32.2. The SMILES string of the molecule is O=C(COC(=O)CCC1CCCC1)NCCN1C(=O)S/C(=C\c2cccnc2)C1=O. The van der Waals surface area contributed by atoms with Crippen LogP contribution in [0.4, 0.5) is 4.79 Å². The molecule has 1 saturated heterocycles. The van der Waals surface area contributed by atoms with Gasteiger partial charge in [0.2, 0.25) is 0 Å². The van der Waals surface area contributed by atoms with E-state index >= 15 is 0 Å². The molecule has 0 radical (unpaired) electrons. The number of carbonyl (C=O) groups is 4. The monoisotopic (exact) mass is 431 g/mol. The Hall–Kier alpha value is -2.68. The van der Waals surface area contributed by atoms with Gasteiger partial charge in [-0.05, 0) is 41.8 Å². The highest BCUT2D eigenvalue weighted by Crippen LogP contribution is 2.31. The molecule has 30 heavy (non-hydrogen) atoms. The van der Waals surface area contributed by atoms with Crippen LogP contribution in [0.5, 0.6) is 0 Å². The van der Waals surface area contributed by atoms with Crippen molar-refractivity contribution in [2.75, 3.05) is 19.7 Å². The average molecular weight is 432 g/mol. The van der Waals surface area contributed by atoms with Crippen LogP contribution in [0.3, 0.4) is 0 Å². The molecule has 2 heterocycles. The molecule has 0 spiro atoms. The molecule has 160 valence electrons. The van der Waals surface area contributed by atoms with Crippen molar-refractivity contribution in [3.8, 4) is 0 Å². The maximum absolute atomic E-state index is 12.4. The van der Waals surface area contributed by atoms with Gasteiger partial charge >= 0.3 is 5.97 Å². The van der Waals surface area contributed by atoms with Crippen molar-refractivity contribution in [3.63, 3.8) is 0 Å². The summed E-state index contributed by atoms with van der Waals surface area (Å²) >= 11 is 0.854. The van der Waals surface area contributed by atoms with Crippen molar-refractivity contribution in [2.24, 2.45) is 5.92 Å². The maximum atomic E-state index is 12.4. The van der Waals surface area contributed by atoms with E-state index in [0.717, 1.165) is 28.6 Å². The number of ether oxygens (including phenoxy) is 1. The minimum Gasteiger partial charge on any atom is -0.456 e. The second-order valence-corrected chi connectivity index (χ2v) is 8.31. The zero-order valence-electron chi connectivity index (χ0n) is 16.7. The van der Waals surface area contributed by atoms with Gasteiger partial charge in [0.15, 0.2) is 6.61 Å². The molecule has 1 N–H and O–H groups in total. The summed E-state index contributed by atoms with van der Waals surface area (Å²) in [6.45, 7) is -0.209. The molecule has 3 amide bonds. The standard InChI is InChI=1S/C21H25N3O5S/c25-18(14-29-19(26)8-7-15-4-1-2-5-15)23-10-11-24-20(27)17(30-21(24)28)12-16-6-3-9-22-13-16/h3,6,9,12-13,15H,1-2,4-5,7-8,10-11,14H2,(H,23,25)/b17-12-. The summed E-state index contributed by atoms with van der Waals surface area (Å²) in [5.74, 6) is -0.635. The van der Waals surface area contributed by atoms with Crippen LogP contribution < -0.4 is 5.32 Å². The summed E-state index contributed by atoms with van der Waals surface area (Å²) in [5.41, 5.74) is 0.728. The summed E-state index contributed by atoms with van der Waals surface area (Å²) < 4.78 is 4.99. The quantitative estimate of drug-likeness (QED) is 0.473. The average Bonchev–Trinajstić information content (AvgIpc) is 3.35. The molecule has 2 aliphatic rings. The normalized spacial score (nSPS) is 18.3. The number of esters is 1. The lowest BCUT2D eigenvalue weighted by Crippen LogP contribution is -2.38. The van der Waals surface area contributed by atoms with Crippen LogP contribution in [0, 0.1) is 5.92 Å². The van der Waals surface area contributed by atoms with Crippen molar-refractivity contribution >= 4 is 40.9 Å². The zero-order chi connectivity index (χ0) is 21.3. The first-order valence-electron chi connectivity index (χ1n) is 10.1. The number of thioether (sulfide) groups is 1. The number of imide groups is 1. The van der Waals surface area contributed by atoms with E-state index in [-0.39, 0.29) is 30.9 Å². The summed E-state index contributed by atoms with van der Waals surface area (Å²) in [4.78, 5) is 53.5. The van der Waals surface area contributed by atoms with Crippen molar-refractivity contribution in [3.05, 3.63) is 35.0 Å². The van der Waals surface area contributed by atoms with Gasteiger partial charge in [0.1, 0.15) is 0 Å². The summed E-state index contributed by atoms with van der Waals surface area (Å²) in [6.07, 6.45) is 10.8. The molecule has 8 nitrogen and oxygen atoms in total. The van der Waals surface area contributed by atoms with E-state index in [1.807, 2.05) is 0 Å². The van der Waals surface area contributed by atoms with Crippen molar-refractivity contribution in [2.45, 2.75) is 38.5 Å². The fraction of sp³-hybridized carbons (Fsp3) is 0.476. The number of aromatic nitrogens is 1. The van der Waals surface area contributed by atoms with Crippen LogP contribution in [0.1, 0.15) is 44.1 Å². The lowest BCUT2D eigenvalue weighted by molar-refractivity contribution is -0.148. The third kappa shape index (κ3) is 6.41. The number of rotatable bonds is 9. The molecule has 9 heteroatoms. The van der Waals surface area contributed by atoms with Gasteiger partial charge in [-0.25, -0.2) is 0 Å². The summed E-state index contributed by atoms with van der Waals surface area (Å²) in [5, 5.41) is 2.18. The lowest BCUT2D eigenvalue weighted by Gasteiger charge is -2.13. The molecule has 0 unspecified atom stereocenters. The first-order chi connectivity index (χ1) is 14.5. The van der Waals surface area contributed by atoms with Gasteiger partial charge in [-0.15, -0.1) is 0 Å². The highest BCUT2D eigenvalue weighted by Gasteiger charge is 2.34. The number of nitrogens with zero attached hydrogens (tertiary/aromatic N) is 2. The van der Waals surface area contributed by atoms with Gasteiger partial charge in [-0.1, -0.05) is 31.7 Å². The van der Waals surface area contributed by atoms with Crippen LogP contribution in [0.15, 0.2) is 29.4 Å². The Balaban J connectivity index is 1.35. The summed E-state index contributed by atoms with van der Waals surface area (Å²) in [6, 6.07) is 3.53. The van der Waals surface area contributed by atoms with Crippen LogP contribution in [-0.2, 0) is 19.1 Å². The third-order valence-corrected chi connectivity index (χ3v) is 6.02. The molecule has 0 atom stereocenters. The van der Waals surface area contributed by atoms with E-state index in [1.165, 1.54) is 25.7 Å². The van der Waals surface area contributed by atoms with Gasteiger partial charge in [-0.2, -0.15) is 0 Å². The van der Waals surface area contributed by atoms with Gasteiger partial charge < -0.3 is 10.1 Å². The Bertz CT molecular complexity index is 821. The smallest absolute Gasteiger partial charge is 0.306 e. The largest absolute Gasteiger partial charge is 0.456 e. The van der Waals surface area contributed by atoms with E-state index in [0.29, 0.717) is 17.2 Å². The molecule has 0 aromatic carbocycles. The van der Waals surface area contributed by atoms with Gasteiger partial charge in [-0.3, -0.25) is 29.1 Å². The molecule has 1 aromatic heterocycles. The fourth-order valence-electron chi connectivity index (χ4n) is 3.50. The predicted molar refractivity (Wildman–Crippen MR) is 112 cm³/mol. The maximum Gasteiger partial charge on any atom is 0.306 e. The molecule has 1 aromatic rings. The minimum absolute atomic E-state index is 0.0520. The van der Waals surface area contributed by atoms with Gasteiger partial charge in [0.25, 0.3) is 17.1 Å². The Morgan fingerprint density at radius 2 is 2.10 bits per heavy atom. The fourth-order valence-corrected chi connectivity index (χ4v) is 4.37. The number of carbonyl (C=O) groups excluding carboxylic acids is 4. The Kier molecular flexibility index (Phi) is 8.01. The van der Waals surface area contributed by atoms with Gasteiger partial charge in [0.05, 0.1) is 4.91 Å². The first kappa shape index (κ1) is 22.0. The summed E-state index contributed by atoms with van der Waals surface area (Å²) in [7, 11) is 0. The number of hydrogen-bond acceptors (Lipinski definition) is 7. The highest BCUT2D eigenvalue weighted by molar-refractivity contribution is 8.18. The molecular formula is C21H25N3O5S. The Morgan fingerprint density at radius 3 is 2.83 bits per heavy atom. The Labute approximate surface area is 179 Å². The minimum atomic E-state index is -0.456. The van der Waals surface area contributed by atoms with Crippen molar-refractivity contribution < 1.29 is 23.9 Å². The molecule has 3 rings (SSSR count). The number of nitrogens with one attached hydrogen (secondary N) is 1. The molecule has 2 fully saturated rings. The lowest BCUT2D eigenvalue weighted by atomic mass is 10.0. The van der Waals surface area contributed by atoms with Crippen LogP contribution in [0.2, 0.25) is 0 Å². The van der Waals surface area contributed by atoms with Crippen LogP contribution in [-0.4, -0.2) is 52.6 Å². The molecule has 1 aliphatic heterocycles. The van der Waals surface area contributed by atoms with E-state index in [2.05, 4.69) is 10.3 Å². The van der Waals surface area contributed by atoms with E-state index < -0.39 is 11.8 Å². The van der Waals surface area contributed by atoms with Crippen LogP contribution in [0.25, 0.3) is 6.08 Å². The molecule has 1 aliphatic carbocycles. The van der Waals surface area contributed by atoms with Crippen LogP contribution >= 0.6 is 11.8 Å². The molecule has 0 bridgehead atoms.